The number of ketones is 1. The number of hydrogen-bond donors (Lipinski definition) is 0. The van der Waals surface area contributed by atoms with Crippen LogP contribution in [0.3, 0.4) is 0 Å². The molecule has 3 aromatic heterocycles. The molecule has 3 heterocycles. The van der Waals surface area contributed by atoms with Gasteiger partial charge in [0.15, 0.2) is 5.16 Å². The van der Waals surface area contributed by atoms with Gasteiger partial charge in [-0.25, -0.2) is 4.98 Å². The number of carbonyl (C=O) groups excluding carboxylic acids is 1. The zero-order chi connectivity index (χ0) is 20.1. The lowest BCUT2D eigenvalue weighted by molar-refractivity contribution is -0.116. The van der Waals surface area contributed by atoms with Gasteiger partial charge >= 0.3 is 0 Å². The maximum Gasteiger partial charge on any atom is 0.234 e. The molecule has 9 nitrogen and oxygen atoms in total. The topological polar surface area (TPSA) is 112 Å². The molecule has 4 rings (SSSR count). The van der Waals surface area contributed by atoms with Gasteiger partial charge in [-0.1, -0.05) is 47.3 Å². The Balaban J connectivity index is 1.36. The van der Waals surface area contributed by atoms with E-state index in [0.717, 1.165) is 5.56 Å². The largest absolute Gasteiger partial charge is 0.338 e. The molecule has 0 aliphatic carbocycles. The van der Waals surface area contributed by atoms with Crippen molar-refractivity contribution in [2.75, 3.05) is 5.75 Å². The molecule has 0 unspecified atom stereocenters. The molecule has 0 saturated carbocycles. The minimum absolute atomic E-state index is 0.135. The third-order valence-electron chi connectivity index (χ3n) is 4.10. The Hall–Kier alpha value is -3.40. The van der Waals surface area contributed by atoms with Crippen LogP contribution in [0.15, 0.2) is 58.6 Å². The van der Waals surface area contributed by atoms with Crippen LogP contribution in [0.5, 0.6) is 0 Å². The van der Waals surface area contributed by atoms with Gasteiger partial charge in [0.25, 0.3) is 0 Å². The van der Waals surface area contributed by atoms with E-state index in [1.807, 2.05) is 41.9 Å². The van der Waals surface area contributed by atoms with Crippen molar-refractivity contribution in [3.63, 3.8) is 0 Å². The second-order valence-electron chi connectivity index (χ2n) is 6.23. The Labute approximate surface area is 170 Å². The highest BCUT2D eigenvalue weighted by Gasteiger charge is 2.16. The molecular formula is C19H17N7O2S. The number of hydrogen-bond acceptors (Lipinski definition) is 9. The molecule has 1 aromatic carbocycles. The standard InChI is InChI=1S/C19H17N7O2S/c1-26-16(10-17-22-18(25-28-17)15-11-20-7-8-21-15)23-24-19(26)29-12-14(27)9-13-5-3-2-4-6-13/h2-8,11H,9-10,12H2,1H3. The summed E-state index contributed by atoms with van der Waals surface area (Å²) < 4.78 is 7.11. The lowest BCUT2D eigenvalue weighted by Gasteiger charge is -2.03. The number of aromatic nitrogens is 7. The maximum absolute atomic E-state index is 12.2. The maximum atomic E-state index is 12.2. The lowest BCUT2D eigenvalue weighted by Crippen LogP contribution is -2.07. The predicted molar refractivity (Wildman–Crippen MR) is 105 cm³/mol. The second-order valence-corrected chi connectivity index (χ2v) is 7.17. The van der Waals surface area contributed by atoms with Crippen LogP contribution in [0.25, 0.3) is 11.5 Å². The van der Waals surface area contributed by atoms with Crippen LogP contribution >= 0.6 is 11.8 Å². The summed E-state index contributed by atoms with van der Waals surface area (Å²) in [5.74, 6) is 1.90. The monoisotopic (exact) mass is 407 g/mol. The lowest BCUT2D eigenvalue weighted by atomic mass is 10.1. The molecule has 0 N–H and O–H groups in total. The number of Topliss-reactive ketones (excluding diaryl/α,β-unsaturated/α-hetero) is 1. The van der Waals surface area contributed by atoms with E-state index in [1.54, 1.807) is 18.6 Å². The van der Waals surface area contributed by atoms with Crippen LogP contribution in [-0.2, 0) is 24.7 Å². The average molecular weight is 407 g/mol. The van der Waals surface area contributed by atoms with Crippen LogP contribution in [0.4, 0.5) is 0 Å². The smallest absolute Gasteiger partial charge is 0.234 e. The van der Waals surface area contributed by atoms with Crippen molar-refractivity contribution in [2.24, 2.45) is 7.05 Å². The summed E-state index contributed by atoms with van der Waals surface area (Å²) in [6.07, 6.45) is 5.45. The van der Waals surface area contributed by atoms with Gasteiger partial charge in [0.2, 0.25) is 11.7 Å². The van der Waals surface area contributed by atoms with Gasteiger partial charge < -0.3 is 9.09 Å². The molecular weight excluding hydrogens is 390 g/mol. The summed E-state index contributed by atoms with van der Waals surface area (Å²) in [5.41, 5.74) is 1.54. The summed E-state index contributed by atoms with van der Waals surface area (Å²) in [5, 5.41) is 12.9. The number of rotatable bonds is 8. The molecule has 0 aliphatic heterocycles. The summed E-state index contributed by atoms with van der Waals surface area (Å²) in [6, 6.07) is 9.69. The number of carbonyl (C=O) groups is 1. The first kappa shape index (κ1) is 18.9. The molecule has 0 amide bonds. The third-order valence-corrected chi connectivity index (χ3v) is 5.18. The first-order chi connectivity index (χ1) is 14.2. The fraction of sp³-hybridized carbons (Fsp3) is 0.211. The normalized spacial score (nSPS) is 10.9. The van der Waals surface area contributed by atoms with Crippen molar-refractivity contribution in [3.05, 3.63) is 66.2 Å². The molecule has 0 spiro atoms. The molecule has 0 radical (unpaired) electrons. The van der Waals surface area contributed by atoms with E-state index in [0.29, 0.717) is 47.0 Å². The highest BCUT2D eigenvalue weighted by molar-refractivity contribution is 7.99. The van der Waals surface area contributed by atoms with Gasteiger partial charge in [-0.2, -0.15) is 4.98 Å². The van der Waals surface area contributed by atoms with Crippen molar-refractivity contribution >= 4 is 17.5 Å². The molecule has 0 fully saturated rings. The molecule has 29 heavy (non-hydrogen) atoms. The SMILES string of the molecule is Cn1c(Cc2nc(-c3cnccn3)no2)nnc1SCC(=O)Cc1ccccc1. The van der Waals surface area contributed by atoms with E-state index in [4.69, 9.17) is 4.52 Å². The van der Waals surface area contributed by atoms with Gasteiger partial charge in [-0.3, -0.25) is 9.78 Å². The van der Waals surface area contributed by atoms with E-state index in [9.17, 15) is 4.79 Å². The Morgan fingerprint density at radius 3 is 2.83 bits per heavy atom. The van der Waals surface area contributed by atoms with E-state index in [1.165, 1.54) is 11.8 Å². The van der Waals surface area contributed by atoms with Gasteiger partial charge in [0.05, 0.1) is 18.4 Å². The molecule has 0 bridgehead atoms. The molecule has 146 valence electrons. The highest BCUT2D eigenvalue weighted by Crippen LogP contribution is 2.19. The Morgan fingerprint density at radius 2 is 2.03 bits per heavy atom. The summed E-state index contributed by atoms with van der Waals surface area (Å²) in [4.78, 5) is 24.7. The first-order valence-corrected chi connectivity index (χ1v) is 9.83. The Kier molecular flexibility index (Phi) is 5.71. The Bertz CT molecular complexity index is 1100. The van der Waals surface area contributed by atoms with Crippen molar-refractivity contribution in [1.82, 2.24) is 34.9 Å². The first-order valence-electron chi connectivity index (χ1n) is 8.84. The van der Waals surface area contributed by atoms with Crippen molar-refractivity contribution in [3.8, 4) is 11.5 Å². The number of nitrogens with zero attached hydrogens (tertiary/aromatic N) is 7. The zero-order valence-corrected chi connectivity index (χ0v) is 16.4. The highest BCUT2D eigenvalue weighted by atomic mass is 32.2. The summed E-state index contributed by atoms with van der Waals surface area (Å²) in [7, 11) is 1.85. The van der Waals surface area contributed by atoms with Gasteiger partial charge in [0, 0.05) is 25.9 Å². The van der Waals surface area contributed by atoms with Crippen molar-refractivity contribution in [2.45, 2.75) is 18.0 Å². The fourth-order valence-electron chi connectivity index (χ4n) is 2.62. The van der Waals surface area contributed by atoms with E-state index in [2.05, 4.69) is 30.3 Å². The van der Waals surface area contributed by atoms with Crippen LogP contribution in [-0.4, -0.2) is 46.4 Å². The quantitative estimate of drug-likeness (QED) is 0.405. The number of benzene rings is 1. The van der Waals surface area contributed by atoms with E-state index in [-0.39, 0.29) is 5.78 Å². The molecule has 0 saturated heterocycles. The fourth-order valence-corrected chi connectivity index (χ4v) is 3.41. The third kappa shape index (κ3) is 4.72. The molecule has 4 aromatic rings. The predicted octanol–water partition coefficient (Wildman–Crippen LogP) is 2.15. The van der Waals surface area contributed by atoms with Crippen LogP contribution in [0.2, 0.25) is 0 Å². The Morgan fingerprint density at radius 1 is 1.17 bits per heavy atom. The van der Waals surface area contributed by atoms with Crippen LogP contribution in [0, 0.1) is 0 Å². The minimum atomic E-state index is 0.135. The second kappa shape index (κ2) is 8.74. The van der Waals surface area contributed by atoms with Gasteiger partial charge in [-0.15, -0.1) is 10.2 Å². The van der Waals surface area contributed by atoms with Crippen LogP contribution in [0.1, 0.15) is 17.3 Å². The summed E-state index contributed by atoms with van der Waals surface area (Å²) in [6.45, 7) is 0. The van der Waals surface area contributed by atoms with Crippen LogP contribution < -0.4 is 0 Å². The molecule has 10 heteroatoms. The van der Waals surface area contributed by atoms with Gasteiger partial charge in [-0.05, 0) is 5.56 Å². The number of thioether (sulfide) groups is 1. The van der Waals surface area contributed by atoms with Crippen molar-refractivity contribution < 1.29 is 9.32 Å². The summed E-state index contributed by atoms with van der Waals surface area (Å²) >= 11 is 1.36. The van der Waals surface area contributed by atoms with E-state index < -0.39 is 0 Å². The zero-order valence-electron chi connectivity index (χ0n) is 15.6. The van der Waals surface area contributed by atoms with Gasteiger partial charge in [0.1, 0.15) is 17.3 Å². The molecule has 0 aliphatic rings. The minimum Gasteiger partial charge on any atom is -0.338 e. The average Bonchev–Trinajstić information content (AvgIpc) is 3.36. The van der Waals surface area contributed by atoms with Crippen molar-refractivity contribution in [1.29, 1.82) is 0 Å². The van der Waals surface area contributed by atoms with E-state index >= 15 is 0 Å². The molecule has 0 atom stereocenters.